The molecule has 0 radical (unpaired) electrons. The molecule has 1 aliphatic rings. The average molecular weight is 487 g/mol. The van der Waals surface area contributed by atoms with Crippen LogP contribution in [0.1, 0.15) is 47.3 Å². The van der Waals surface area contributed by atoms with Gasteiger partial charge < -0.3 is 15.0 Å². The minimum atomic E-state index is -0.764. The van der Waals surface area contributed by atoms with Crippen LogP contribution in [0.15, 0.2) is 91.0 Å². The van der Waals surface area contributed by atoms with Gasteiger partial charge in [0.05, 0.1) is 17.7 Å². The van der Waals surface area contributed by atoms with Gasteiger partial charge in [-0.1, -0.05) is 66.7 Å². The van der Waals surface area contributed by atoms with Crippen LogP contribution in [0.2, 0.25) is 0 Å². The van der Waals surface area contributed by atoms with Crippen LogP contribution < -0.4 is 10.1 Å². The summed E-state index contributed by atoms with van der Waals surface area (Å²) in [5.41, 5.74) is 2.15. The van der Waals surface area contributed by atoms with E-state index in [4.69, 9.17) is 4.74 Å². The Morgan fingerprint density at radius 1 is 0.917 bits per heavy atom. The standard InChI is InChI=1S/C30H31FN2O3/c1-21-10-6-8-14-26(23-16-18-24(31)19-17-23)32-29(34)27(20-22-11-4-3-5-12-22)33(2)30(35)25-13-7-9-15-28(25)36-21/h3-9,11-13,15-19,21,26-27H,10,14,20H2,1-2H3,(H,32,34)/b8-6+/t21-,26-,27-/m1/s1. The average Bonchev–Trinajstić information content (AvgIpc) is 2.89. The molecule has 1 N–H and O–H groups in total. The molecule has 0 aromatic heterocycles. The number of hydrogen-bond donors (Lipinski definition) is 1. The predicted molar refractivity (Wildman–Crippen MR) is 138 cm³/mol. The number of rotatable bonds is 3. The molecule has 6 heteroatoms. The zero-order chi connectivity index (χ0) is 25.5. The van der Waals surface area contributed by atoms with Gasteiger partial charge >= 0.3 is 0 Å². The molecule has 4 rings (SSSR count). The molecular weight excluding hydrogens is 455 g/mol. The largest absolute Gasteiger partial charge is 0.490 e. The molecule has 0 saturated carbocycles. The van der Waals surface area contributed by atoms with Crippen molar-refractivity contribution in [2.24, 2.45) is 0 Å². The molecule has 0 unspecified atom stereocenters. The normalized spacial score (nSPS) is 22.1. The van der Waals surface area contributed by atoms with Crippen LogP contribution in [-0.2, 0) is 11.2 Å². The number of benzene rings is 3. The quantitative estimate of drug-likeness (QED) is 0.499. The highest BCUT2D eigenvalue weighted by Crippen LogP contribution is 2.25. The number of likely N-dealkylation sites (N-methyl/N-ethyl adjacent to an activating group) is 1. The summed E-state index contributed by atoms with van der Waals surface area (Å²) in [5.74, 6) is -0.408. The van der Waals surface area contributed by atoms with Gasteiger partial charge in [0.25, 0.3) is 5.91 Å². The van der Waals surface area contributed by atoms with Crippen LogP contribution in [-0.4, -0.2) is 35.9 Å². The summed E-state index contributed by atoms with van der Waals surface area (Å²) in [5, 5.41) is 3.13. The lowest BCUT2D eigenvalue weighted by Gasteiger charge is -2.30. The summed E-state index contributed by atoms with van der Waals surface area (Å²) >= 11 is 0. The predicted octanol–water partition coefficient (Wildman–Crippen LogP) is 5.48. The van der Waals surface area contributed by atoms with Crippen molar-refractivity contribution in [3.63, 3.8) is 0 Å². The zero-order valence-electron chi connectivity index (χ0n) is 20.6. The summed E-state index contributed by atoms with van der Waals surface area (Å²) < 4.78 is 19.7. The molecule has 1 heterocycles. The van der Waals surface area contributed by atoms with Gasteiger partial charge in [-0.15, -0.1) is 0 Å². The number of nitrogens with zero attached hydrogens (tertiary/aromatic N) is 1. The maximum atomic E-state index is 13.7. The van der Waals surface area contributed by atoms with Crippen molar-refractivity contribution in [2.75, 3.05) is 7.05 Å². The summed E-state index contributed by atoms with van der Waals surface area (Å²) in [6.07, 6.45) is 5.38. The van der Waals surface area contributed by atoms with Crippen LogP contribution in [0.25, 0.3) is 0 Å². The van der Waals surface area contributed by atoms with Gasteiger partial charge in [-0.3, -0.25) is 9.59 Å². The van der Waals surface area contributed by atoms with Crippen molar-refractivity contribution in [1.82, 2.24) is 10.2 Å². The topological polar surface area (TPSA) is 58.6 Å². The van der Waals surface area contributed by atoms with E-state index in [-0.39, 0.29) is 29.8 Å². The number of nitrogens with one attached hydrogen (secondary N) is 1. The van der Waals surface area contributed by atoms with Gasteiger partial charge in [0, 0.05) is 19.9 Å². The number of fused-ring (bicyclic) bond motifs is 1. The number of carbonyl (C=O) groups excluding carboxylic acids is 2. The maximum absolute atomic E-state index is 13.7. The fourth-order valence-corrected chi connectivity index (χ4v) is 4.35. The van der Waals surface area contributed by atoms with E-state index in [9.17, 15) is 14.0 Å². The van der Waals surface area contributed by atoms with E-state index in [1.54, 1.807) is 37.4 Å². The van der Waals surface area contributed by atoms with Gasteiger partial charge in [0.1, 0.15) is 17.6 Å². The summed E-state index contributed by atoms with van der Waals surface area (Å²) in [6, 6.07) is 21.8. The molecule has 0 saturated heterocycles. The third kappa shape index (κ3) is 6.19. The molecule has 3 atom stereocenters. The van der Waals surface area contributed by atoms with Crippen LogP contribution in [0.5, 0.6) is 5.75 Å². The number of ether oxygens (including phenoxy) is 1. The van der Waals surface area contributed by atoms with Crippen LogP contribution in [0.4, 0.5) is 4.39 Å². The first-order valence-electron chi connectivity index (χ1n) is 12.2. The van der Waals surface area contributed by atoms with E-state index in [0.29, 0.717) is 30.6 Å². The van der Waals surface area contributed by atoms with Gasteiger partial charge in [-0.2, -0.15) is 0 Å². The second-order valence-corrected chi connectivity index (χ2v) is 9.10. The zero-order valence-corrected chi connectivity index (χ0v) is 20.6. The van der Waals surface area contributed by atoms with Gasteiger partial charge in [0.15, 0.2) is 0 Å². The molecule has 2 amide bonds. The van der Waals surface area contributed by atoms with E-state index < -0.39 is 6.04 Å². The Hall–Kier alpha value is -3.93. The monoisotopic (exact) mass is 486 g/mol. The number of carbonyl (C=O) groups is 2. The molecule has 1 aliphatic heterocycles. The first-order chi connectivity index (χ1) is 17.4. The number of hydrogen-bond acceptors (Lipinski definition) is 3. The highest BCUT2D eigenvalue weighted by Gasteiger charge is 2.31. The van der Waals surface area contributed by atoms with E-state index >= 15 is 0 Å². The first-order valence-corrected chi connectivity index (χ1v) is 12.2. The Morgan fingerprint density at radius 2 is 1.58 bits per heavy atom. The van der Waals surface area contributed by atoms with Crippen molar-refractivity contribution >= 4 is 11.8 Å². The van der Waals surface area contributed by atoms with E-state index in [1.165, 1.54) is 17.0 Å². The molecule has 0 fully saturated rings. The summed E-state index contributed by atoms with van der Waals surface area (Å²) in [7, 11) is 1.65. The smallest absolute Gasteiger partial charge is 0.258 e. The lowest BCUT2D eigenvalue weighted by molar-refractivity contribution is -0.126. The van der Waals surface area contributed by atoms with Gasteiger partial charge in [-0.25, -0.2) is 4.39 Å². The van der Waals surface area contributed by atoms with Gasteiger partial charge in [0.2, 0.25) is 5.91 Å². The van der Waals surface area contributed by atoms with Crippen molar-refractivity contribution < 1.29 is 18.7 Å². The molecular formula is C30H31FN2O3. The molecule has 186 valence electrons. The van der Waals surface area contributed by atoms with Crippen LogP contribution in [0, 0.1) is 5.82 Å². The molecule has 0 spiro atoms. The highest BCUT2D eigenvalue weighted by molar-refractivity contribution is 5.99. The molecule has 3 aromatic carbocycles. The Balaban J connectivity index is 1.73. The van der Waals surface area contributed by atoms with Gasteiger partial charge in [-0.05, 0) is 48.7 Å². The van der Waals surface area contributed by atoms with E-state index in [0.717, 1.165) is 11.1 Å². The van der Waals surface area contributed by atoms with E-state index in [1.807, 2.05) is 55.5 Å². The molecule has 0 bridgehead atoms. The lowest BCUT2D eigenvalue weighted by atomic mass is 9.99. The second-order valence-electron chi connectivity index (χ2n) is 9.10. The molecule has 36 heavy (non-hydrogen) atoms. The minimum Gasteiger partial charge on any atom is -0.490 e. The third-order valence-corrected chi connectivity index (χ3v) is 6.40. The Labute approximate surface area is 211 Å². The number of para-hydroxylation sites is 1. The SMILES string of the molecule is C[C@@H]1C/C=C/C[C@H](c2ccc(F)cc2)NC(=O)[C@@H](Cc2ccccc2)N(C)C(=O)c2ccccc2O1. The fourth-order valence-electron chi connectivity index (χ4n) is 4.35. The van der Waals surface area contributed by atoms with Crippen molar-refractivity contribution in [2.45, 2.75) is 44.4 Å². The first kappa shape index (κ1) is 25.2. The Bertz CT molecular complexity index is 1210. The molecule has 5 nitrogen and oxygen atoms in total. The van der Waals surface area contributed by atoms with Crippen molar-refractivity contribution in [3.05, 3.63) is 114 Å². The number of amides is 2. The highest BCUT2D eigenvalue weighted by atomic mass is 19.1. The van der Waals surface area contributed by atoms with Crippen molar-refractivity contribution in [3.8, 4) is 5.75 Å². The molecule has 0 aliphatic carbocycles. The fraction of sp³-hybridized carbons (Fsp3) is 0.267. The molecule has 3 aromatic rings. The third-order valence-electron chi connectivity index (χ3n) is 6.40. The summed E-state index contributed by atoms with van der Waals surface area (Å²) in [6.45, 7) is 1.96. The lowest BCUT2D eigenvalue weighted by Crippen LogP contribution is -2.49. The van der Waals surface area contributed by atoms with Crippen LogP contribution >= 0.6 is 0 Å². The Kier molecular flexibility index (Phi) is 8.16. The minimum absolute atomic E-state index is 0.151. The Morgan fingerprint density at radius 3 is 2.33 bits per heavy atom. The summed E-state index contributed by atoms with van der Waals surface area (Å²) in [4.78, 5) is 28.9. The van der Waals surface area contributed by atoms with E-state index in [2.05, 4.69) is 5.32 Å². The van der Waals surface area contributed by atoms with Crippen molar-refractivity contribution in [1.29, 1.82) is 0 Å². The number of halogens is 1. The van der Waals surface area contributed by atoms with Crippen LogP contribution in [0.3, 0.4) is 0 Å². The maximum Gasteiger partial charge on any atom is 0.258 e. The second kappa shape index (κ2) is 11.7.